The van der Waals surface area contributed by atoms with Crippen LogP contribution in [0.3, 0.4) is 0 Å². The number of halogens is 2. The van der Waals surface area contributed by atoms with Gasteiger partial charge in [0.05, 0.1) is 0 Å². The molecule has 1 aliphatic heterocycles. The zero-order valence-electron chi connectivity index (χ0n) is 16.1. The number of amides is 1. The Morgan fingerprint density at radius 1 is 1.14 bits per heavy atom. The van der Waals surface area contributed by atoms with Crippen LogP contribution in [-0.4, -0.2) is 41.6 Å². The van der Waals surface area contributed by atoms with Crippen molar-refractivity contribution >= 4 is 11.6 Å². The van der Waals surface area contributed by atoms with Gasteiger partial charge in [-0.2, -0.15) is 4.98 Å². The highest BCUT2D eigenvalue weighted by atomic mass is 19.1. The summed E-state index contributed by atoms with van der Waals surface area (Å²) in [6, 6.07) is 11.0. The van der Waals surface area contributed by atoms with Crippen LogP contribution in [0.25, 0.3) is 11.5 Å². The van der Waals surface area contributed by atoms with Crippen molar-refractivity contribution in [2.75, 3.05) is 25.5 Å². The molecule has 1 saturated heterocycles. The van der Waals surface area contributed by atoms with Crippen LogP contribution in [0.5, 0.6) is 0 Å². The smallest absolute Gasteiger partial charge is 0.257 e. The summed E-state index contributed by atoms with van der Waals surface area (Å²) < 4.78 is 32.2. The summed E-state index contributed by atoms with van der Waals surface area (Å²) in [7, 11) is 3.92. The Labute approximate surface area is 166 Å². The molecule has 6 nitrogen and oxygen atoms in total. The monoisotopic (exact) mass is 398 g/mol. The molecule has 0 bridgehead atoms. The van der Waals surface area contributed by atoms with E-state index in [2.05, 4.69) is 10.1 Å². The summed E-state index contributed by atoms with van der Waals surface area (Å²) in [5.41, 5.74) is 2.26. The molecule has 29 heavy (non-hydrogen) atoms. The lowest BCUT2D eigenvalue weighted by Crippen LogP contribution is -2.24. The Bertz CT molecular complexity index is 1010. The first-order chi connectivity index (χ1) is 13.9. The number of carbonyl (C=O) groups excluding carboxylic acids is 1. The highest BCUT2D eigenvalue weighted by Crippen LogP contribution is 2.29. The van der Waals surface area contributed by atoms with Crippen molar-refractivity contribution in [1.82, 2.24) is 15.0 Å². The maximum atomic E-state index is 13.4. The average molecular weight is 398 g/mol. The highest BCUT2D eigenvalue weighted by Gasteiger charge is 2.33. The molecular weight excluding hydrogens is 378 g/mol. The van der Waals surface area contributed by atoms with E-state index in [1.807, 2.05) is 43.3 Å². The molecule has 1 atom stereocenters. The topological polar surface area (TPSA) is 62.5 Å². The third kappa shape index (κ3) is 4.11. The molecule has 1 unspecified atom stereocenters. The fourth-order valence-electron chi connectivity index (χ4n) is 3.44. The second-order valence-electron chi connectivity index (χ2n) is 7.35. The van der Waals surface area contributed by atoms with Crippen LogP contribution in [0.15, 0.2) is 47.0 Å². The predicted octanol–water partition coefficient (Wildman–Crippen LogP) is 3.60. The third-order valence-electron chi connectivity index (χ3n) is 4.95. The summed E-state index contributed by atoms with van der Waals surface area (Å²) in [4.78, 5) is 20.4. The van der Waals surface area contributed by atoms with E-state index >= 15 is 0 Å². The minimum atomic E-state index is -0.661. The minimum Gasteiger partial charge on any atom is -0.378 e. The summed E-state index contributed by atoms with van der Waals surface area (Å²) in [6.07, 6.45) is 0.232. The Morgan fingerprint density at radius 3 is 2.48 bits per heavy atom. The van der Waals surface area contributed by atoms with E-state index in [0.29, 0.717) is 23.8 Å². The van der Waals surface area contributed by atoms with Crippen LogP contribution in [0.4, 0.5) is 14.5 Å². The molecule has 150 valence electrons. The lowest BCUT2D eigenvalue weighted by Gasteiger charge is -2.16. The summed E-state index contributed by atoms with van der Waals surface area (Å²) in [6.45, 7) is 0.510. The molecule has 0 aliphatic carbocycles. The molecule has 0 radical (unpaired) electrons. The zero-order chi connectivity index (χ0) is 20.5. The minimum absolute atomic E-state index is 0.110. The Balaban J connectivity index is 1.46. The van der Waals surface area contributed by atoms with Gasteiger partial charge >= 0.3 is 0 Å². The van der Waals surface area contributed by atoms with E-state index < -0.39 is 11.6 Å². The third-order valence-corrected chi connectivity index (χ3v) is 4.95. The van der Waals surface area contributed by atoms with E-state index in [-0.39, 0.29) is 24.8 Å². The Kier molecular flexibility index (Phi) is 5.00. The number of aromatic nitrogens is 2. The van der Waals surface area contributed by atoms with Gasteiger partial charge in [-0.3, -0.25) is 4.79 Å². The van der Waals surface area contributed by atoms with Gasteiger partial charge in [-0.1, -0.05) is 5.16 Å². The van der Waals surface area contributed by atoms with Gasteiger partial charge in [-0.15, -0.1) is 0 Å². The average Bonchev–Trinajstić information content (AvgIpc) is 3.28. The van der Waals surface area contributed by atoms with Gasteiger partial charge in [0.25, 0.3) is 5.89 Å². The van der Waals surface area contributed by atoms with Crippen molar-refractivity contribution in [3.05, 3.63) is 65.5 Å². The first-order valence-electron chi connectivity index (χ1n) is 9.23. The van der Waals surface area contributed by atoms with E-state index in [9.17, 15) is 13.6 Å². The molecule has 2 heterocycles. The van der Waals surface area contributed by atoms with Crippen LogP contribution >= 0.6 is 0 Å². The van der Waals surface area contributed by atoms with Crippen molar-refractivity contribution in [2.45, 2.75) is 18.9 Å². The van der Waals surface area contributed by atoms with Crippen LogP contribution < -0.4 is 4.90 Å². The van der Waals surface area contributed by atoms with E-state index in [0.717, 1.165) is 17.3 Å². The maximum Gasteiger partial charge on any atom is 0.257 e. The highest BCUT2D eigenvalue weighted by molar-refractivity contribution is 5.79. The molecule has 1 amide bonds. The lowest BCUT2D eigenvalue weighted by atomic mass is 10.1. The van der Waals surface area contributed by atoms with Gasteiger partial charge in [0.15, 0.2) is 5.82 Å². The first-order valence-corrected chi connectivity index (χ1v) is 9.23. The number of rotatable bonds is 5. The summed E-state index contributed by atoms with van der Waals surface area (Å²) >= 11 is 0. The largest absolute Gasteiger partial charge is 0.378 e. The molecular formula is C21H20F2N4O2. The second-order valence-corrected chi connectivity index (χ2v) is 7.35. The Hall–Kier alpha value is -3.29. The molecule has 1 aromatic heterocycles. The molecule has 0 spiro atoms. The number of anilines is 1. The number of nitrogens with zero attached hydrogens (tertiary/aromatic N) is 4. The van der Waals surface area contributed by atoms with E-state index in [1.54, 1.807) is 4.90 Å². The SMILES string of the molecule is CN(C)c1ccc(-c2nc(C3CC(=O)N(Cc4cc(F)cc(F)c4)C3)no2)cc1. The summed E-state index contributed by atoms with van der Waals surface area (Å²) in [5, 5.41) is 4.04. The van der Waals surface area contributed by atoms with Gasteiger partial charge in [0, 0.05) is 56.8 Å². The van der Waals surface area contributed by atoms with Gasteiger partial charge < -0.3 is 14.3 Å². The zero-order valence-corrected chi connectivity index (χ0v) is 16.1. The van der Waals surface area contributed by atoms with Gasteiger partial charge in [0.2, 0.25) is 5.91 Å². The number of benzene rings is 2. The number of likely N-dealkylation sites (tertiary alicyclic amines) is 1. The normalized spacial score (nSPS) is 16.5. The van der Waals surface area contributed by atoms with Crippen molar-refractivity contribution in [1.29, 1.82) is 0 Å². The first kappa shape index (κ1) is 19.0. The predicted molar refractivity (Wildman–Crippen MR) is 103 cm³/mol. The van der Waals surface area contributed by atoms with Crippen LogP contribution in [-0.2, 0) is 11.3 Å². The van der Waals surface area contributed by atoms with Crippen LogP contribution in [0, 0.1) is 11.6 Å². The number of hydrogen-bond acceptors (Lipinski definition) is 5. The van der Waals surface area contributed by atoms with Crippen LogP contribution in [0.2, 0.25) is 0 Å². The Morgan fingerprint density at radius 2 is 1.83 bits per heavy atom. The van der Waals surface area contributed by atoms with Crippen molar-refractivity contribution < 1.29 is 18.1 Å². The van der Waals surface area contributed by atoms with E-state index in [1.165, 1.54) is 12.1 Å². The van der Waals surface area contributed by atoms with Crippen molar-refractivity contribution in [2.24, 2.45) is 0 Å². The second kappa shape index (κ2) is 7.62. The van der Waals surface area contributed by atoms with Crippen molar-refractivity contribution in [3.8, 4) is 11.5 Å². The maximum absolute atomic E-state index is 13.4. The molecule has 1 aliphatic rings. The number of hydrogen-bond donors (Lipinski definition) is 0. The van der Waals surface area contributed by atoms with Gasteiger partial charge in [-0.05, 0) is 42.0 Å². The molecule has 0 saturated carbocycles. The van der Waals surface area contributed by atoms with Crippen LogP contribution in [0.1, 0.15) is 23.7 Å². The molecule has 2 aromatic carbocycles. The summed E-state index contributed by atoms with van der Waals surface area (Å²) in [5.74, 6) is -0.806. The molecule has 8 heteroatoms. The fraction of sp³-hybridized carbons (Fsp3) is 0.286. The molecule has 0 N–H and O–H groups in total. The number of carbonyl (C=O) groups is 1. The van der Waals surface area contributed by atoms with Gasteiger partial charge in [0.1, 0.15) is 11.6 Å². The molecule has 1 fully saturated rings. The van der Waals surface area contributed by atoms with Crippen molar-refractivity contribution in [3.63, 3.8) is 0 Å². The molecule has 3 aromatic rings. The lowest BCUT2D eigenvalue weighted by molar-refractivity contribution is -0.128. The fourth-order valence-corrected chi connectivity index (χ4v) is 3.44. The van der Waals surface area contributed by atoms with E-state index in [4.69, 9.17) is 4.52 Å². The standard InChI is InChI=1S/C21H20F2N4O2/c1-26(2)18-5-3-14(4-6-18)21-24-20(25-29-21)15-9-19(28)27(12-15)11-13-7-16(22)10-17(23)8-13/h3-8,10,15H,9,11-12H2,1-2H3. The van der Waals surface area contributed by atoms with Gasteiger partial charge in [-0.25, -0.2) is 8.78 Å². The molecule has 4 rings (SSSR count). The quantitative estimate of drug-likeness (QED) is 0.657.